The van der Waals surface area contributed by atoms with Gasteiger partial charge in [0.25, 0.3) is 5.89 Å². The lowest BCUT2D eigenvalue weighted by molar-refractivity contribution is -0.122. The van der Waals surface area contributed by atoms with E-state index >= 15 is 0 Å². The van der Waals surface area contributed by atoms with Crippen LogP contribution in [-0.2, 0) is 11.3 Å². The molecule has 1 fully saturated rings. The number of nitrogens with one attached hydrogen (secondary N) is 1. The van der Waals surface area contributed by atoms with Gasteiger partial charge in [-0.25, -0.2) is 0 Å². The van der Waals surface area contributed by atoms with E-state index in [0.29, 0.717) is 28.9 Å². The van der Waals surface area contributed by atoms with E-state index in [4.69, 9.17) is 14.0 Å². The second kappa shape index (κ2) is 7.62. The van der Waals surface area contributed by atoms with E-state index in [1.807, 2.05) is 41.1 Å². The Morgan fingerprint density at radius 1 is 1.14 bits per heavy atom. The van der Waals surface area contributed by atoms with Gasteiger partial charge in [-0.1, -0.05) is 24.4 Å². The average Bonchev–Trinajstić information content (AvgIpc) is 3.48. The van der Waals surface area contributed by atoms with Crippen molar-refractivity contribution in [2.24, 2.45) is 0 Å². The first-order valence-electron chi connectivity index (χ1n) is 9.95. The first-order chi connectivity index (χ1) is 14.3. The molecule has 0 saturated heterocycles. The van der Waals surface area contributed by atoms with Gasteiger partial charge in [0.15, 0.2) is 11.5 Å². The van der Waals surface area contributed by atoms with Crippen LogP contribution in [0.1, 0.15) is 32.1 Å². The van der Waals surface area contributed by atoms with E-state index in [1.54, 1.807) is 0 Å². The minimum Gasteiger partial charge on any atom is -0.454 e. The summed E-state index contributed by atoms with van der Waals surface area (Å²) >= 11 is 0. The lowest BCUT2D eigenvalue weighted by Gasteiger charge is -2.23. The molecular weight excluding hydrogens is 372 g/mol. The second-order valence-electron chi connectivity index (χ2n) is 7.41. The van der Waals surface area contributed by atoms with Crippen LogP contribution in [-0.4, -0.2) is 33.4 Å². The molecule has 29 heavy (non-hydrogen) atoms. The lowest BCUT2D eigenvalue weighted by Crippen LogP contribution is -2.38. The number of carbonyl (C=O) groups is 1. The summed E-state index contributed by atoms with van der Waals surface area (Å²) in [5, 5.41) is 7.22. The zero-order valence-electron chi connectivity index (χ0n) is 16.0. The van der Waals surface area contributed by atoms with Gasteiger partial charge in [0.1, 0.15) is 12.2 Å². The molecule has 8 nitrogen and oxygen atoms in total. The van der Waals surface area contributed by atoms with Crippen molar-refractivity contribution >= 4 is 5.91 Å². The number of fused-ring (bicyclic) bond motifs is 1. The van der Waals surface area contributed by atoms with Crippen molar-refractivity contribution in [3.05, 3.63) is 36.5 Å². The fraction of sp³-hybridized carbons (Fsp3) is 0.381. The smallest absolute Gasteiger partial charge is 0.274 e. The van der Waals surface area contributed by atoms with Crippen molar-refractivity contribution in [3.63, 3.8) is 0 Å². The van der Waals surface area contributed by atoms with Crippen LogP contribution in [0.2, 0.25) is 0 Å². The molecule has 0 unspecified atom stereocenters. The molecule has 3 heterocycles. The average molecular weight is 394 g/mol. The van der Waals surface area contributed by atoms with Crippen molar-refractivity contribution in [3.8, 4) is 34.5 Å². The predicted octanol–water partition coefficient (Wildman–Crippen LogP) is 3.38. The Kier molecular flexibility index (Phi) is 4.67. The molecule has 5 rings (SSSR count). The fourth-order valence-electron chi connectivity index (χ4n) is 3.90. The number of amides is 1. The number of nitrogens with zero attached hydrogens (tertiary/aromatic N) is 3. The van der Waals surface area contributed by atoms with Crippen LogP contribution in [0.25, 0.3) is 23.0 Å². The maximum absolute atomic E-state index is 12.5. The Morgan fingerprint density at radius 3 is 2.90 bits per heavy atom. The number of carbonyl (C=O) groups excluding carboxylic acids is 1. The molecule has 150 valence electrons. The third-order valence-corrected chi connectivity index (χ3v) is 5.39. The highest BCUT2D eigenvalue weighted by Gasteiger charge is 2.20. The van der Waals surface area contributed by atoms with E-state index in [9.17, 15) is 4.79 Å². The van der Waals surface area contributed by atoms with E-state index in [0.717, 1.165) is 18.4 Å². The largest absolute Gasteiger partial charge is 0.454 e. The molecule has 1 amide bonds. The van der Waals surface area contributed by atoms with Gasteiger partial charge in [-0.05, 0) is 43.2 Å². The molecule has 0 spiro atoms. The Balaban J connectivity index is 1.31. The lowest BCUT2D eigenvalue weighted by atomic mass is 9.95. The molecule has 0 bridgehead atoms. The highest BCUT2D eigenvalue weighted by Crippen LogP contribution is 2.35. The van der Waals surface area contributed by atoms with Crippen LogP contribution in [0, 0.1) is 0 Å². The molecule has 1 N–H and O–H groups in total. The summed E-state index contributed by atoms with van der Waals surface area (Å²) in [5.74, 6) is 2.20. The maximum Gasteiger partial charge on any atom is 0.274 e. The van der Waals surface area contributed by atoms with E-state index in [2.05, 4.69) is 15.5 Å². The first kappa shape index (κ1) is 17.8. The normalized spacial score (nSPS) is 16.1. The number of rotatable bonds is 5. The number of aromatic nitrogens is 3. The Morgan fingerprint density at radius 2 is 2.00 bits per heavy atom. The number of hydrogen-bond donors (Lipinski definition) is 1. The van der Waals surface area contributed by atoms with Crippen LogP contribution in [0.15, 0.2) is 41.1 Å². The van der Waals surface area contributed by atoms with Crippen molar-refractivity contribution in [2.75, 3.05) is 6.79 Å². The molecule has 0 radical (unpaired) electrons. The predicted molar refractivity (Wildman–Crippen MR) is 104 cm³/mol. The van der Waals surface area contributed by atoms with Crippen LogP contribution in [0.3, 0.4) is 0 Å². The molecule has 1 aromatic carbocycles. The molecule has 3 aromatic rings. The Bertz CT molecular complexity index is 1020. The van der Waals surface area contributed by atoms with Gasteiger partial charge >= 0.3 is 0 Å². The van der Waals surface area contributed by atoms with Crippen molar-refractivity contribution in [2.45, 2.75) is 44.7 Å². The monoisotopic (exact) mass is 394 g/mol. The van der Waals surface area contributed by atoms with Gasteiger partial charge in [0, 0.05) is 17.8 Å². The number of hydrogen-bond acceptors (Lipinski definition) is 6. The van der Waals surface area contributed by atoms with Crippen molar-refractivity contribution in [1.82, 2.24) is 20.0 Å². The van der Waals surface area contributed by atoms with E-state index in [-0.39, 0.29) is 25.3 Å². The van der Waals surface area contributed by atoms with Gasteiger partial charge in [-0.15, -0.1) is 0 Å². The fourth-order valence-corrected chi connectivity index (χ4v) is 3.90. The molecule has 2 aliphatic rings. The summed E-state index contributed by atoms with van der Waals surface area (Å²) in [6.45, 7) is 0.438. The summed E-state index contributed by atoms with van der Waals surface area (Å²) in [6, 6.07) is 9.54. The standard InChI is InChI=1S/C21H22N4O4/c26-19(22-15-5-2-1-3-6-15)12-25-10-4-7-16(25)21-23-20(24-29-21)14-8-9-17-18(11-14)28-13-27-17/h4,7-11,15H,1-3,5-6,12-13H2,(H,22,26). The molecule has 1 saturated carbocycles. The second-order valence-corrected chi connectivity index (χ2v) is 7.41. The molecule has 1 aliphatic heterocycles. The molecule has 2 aromatic heterocycles. The zero-order chi connectivity index (χ0) is 19.6. The summed E-state index contributed by atoms with van der Waals surface area (Å²) in [5.41, 5.74) is 1.49. The number of benzene rings is 1. The summed E-state index contributed by atoms with van der Waals surface area (Å²) < 4.78 is 18.0. The minimum atomic E-state index is 0.00450. The summed E-state index contributed by atoms with van der Waals surface area (Å²) in [6.07, 6.45) is 7.60. The summed E-state index contributed by atoms with van der Waals surface area (Å²) in [7, 11) is 0. The van der Waals surface area contributed by atoms with Crippen LogP contribution >= 0.6 is 0 Å². The van der Waals surface area contributed by atoms with Crippen molar-refractivity contribution < 1.29 is 18.8 Å². The SMILES string of the molecule is O=C(Cn1cccc1-c1nc(-c2ccc3c(c2)OCO3)no1)NC1CCCCC1. The third kappa shape index (κ3) is 3.70. The quantitative estimate of drug-likeness (QED) is 0.713. The van der Waals surface area contributed by atoms with Crippen molar-refractivity contribution in [1.29, 1.82) is 0 Å². The highest BCUT2D eigenvalue weighted by molar-refractivity contribution is 5.77. The van der Waals surface area contributed by atoms with Crippen LogP contribution in [0.4, 0.5) is 0 Å². The Hall–Kier alpha value is -3.29. The van der Waals surface area contributed by atoms with E-state index in [1.165, 1.54) is 19.3 Å². The van der Waals surface area contributed by atoms with Gasteiger partial charge < -0.3 is 23.9 Å². The van der Waals surface area contributed by atoms with Gasteiger partial charge in [0.05, 0.1) is 0 Å². The number of ether oxygens (including phenoxy) is 2. The zero-order valence-corrected chi connectivity index (χ0v) is 16.0. The molecular formula is C21H22N4O4. The van der Waals surface area contributed by atoms with Crippen LogP contribution < -0.4 is 14.8 Å². The topological polar surface area (TPSA) is 91.4 Å². The molecule has 8 heteroatoms. The maximum atomic E-state index is 12.5. The van der Waals surface area contributed by atoms with Gasteiger partial charge in [0.2, 0.25) is 18.5 Å². The highest BCUT2D eigenvalue weighted by atomic mass is 16.7. The van der Waals surface area contributed by atoms with Crippen LogP contribution in [0.5, 0.6) is 11.5 Å². The third-order valence-electron chi connectivity index (χ3n) is 5.39. The molecule has 0 atom stereocenters. The summed E-state index contributed by atoms with van der Waals surface area (Å²) in [4.78, 5) is 17.0. The minimum absolute atomic E-state index is 0.00450. The van der Waals surface area contributed by atoms with Gasteiger partial charge in [-0.3, -0.25) is 4.79 Å². The van der Waals surface area contributed by atoms with E-state index < -0.39 is 0 Å². The Labute approximate surface area is 167 Å². The first-order valence-corrected chi connectivity index (χ1v) is 9.95. The molecule has 1 aliphatic carbocycles. The van der Waals surface area contributed by atoms with Gasteiger partial charge in [-0.2, -0.15) is 4.98 Å².